The summed E-state index contributed by atoms with van der Waals surface area (Å²) in [5.41, 5.74) is 0.773. The third kappa shape index (κ3) is 4.79. The second-order valence-electron chi connectivity index (χ2n) is 3.57. The predicted molar refractivity (Wildman–Crippen MR) is 72.5 cm³/mol. The summed E-state index contributed by atoms with van der Waals surface area (Å²) in [6.45, 7) is 3.99. The van der Waals surface area contributed by atoms with E-state index in [4.69, 9.17) is 21.1 Å². The molecule has 1 aromatic carbocycles. The van der Waals surface area contributed by atoms with Gasteiger partial charge < -0.3 is 14.8 Å². The average molecular weight is 286 g/mol. The number of hydrogen-bond acceptors (Lipinski definition) is 5. The fourth-order valence-corrected chi connectivity index (χ4v) is 1.60. The summed E-state index contributed by atoms with van der Waals surface area (Å²) >= 11 is 5.87. The Morgan fingerprint density at radius 1 is 1.21 bits per heavy atom. The van der Waals surface area contributed by atoms with Crippen LogP contribution in [0, 0.1) is 0 Å². The molecule has 0 saturated heterocycles. The Labute approximate surface area is 116 Å². The molecule has 0 aliphatic carbocycles. The molecule has 0 bridgehead atoms. The molecular weight excluding hydrogens is 270 g/mol. The third-order valence-electron chi connectivity index (χ3n) is 2.21. The molecule has 19 heavy (non-hydrogen) atoms. The van der Waals surface area contributed by atoms with Crippen LogP contribution in [0.2, 0.25) is 5.02 Å². The lowest BCUT2D eigenvalue weighted by Crippen LogP contribution is -2.18. The molecule has 1 rings (SSSR count). The van der Waals surface area contributed by atoms with Crippen LogP contribution in [0.25, 0.3) is 0 Å². The van der Waals surface area contributed by atoms with Gasteiger partial charge in [0.1, 0.15) is 6.54 Å². The summed E-state index contributed by atoms with van der Waals surface area (Å²) in [4.78, 5) is 23.0. The molecule has 0 saturated carbocycles. The smallest absolute Gasteiger partial charge is 0.340 e. The van der Waals surface area contributed by atoms with E-state index >= 15 is 0 Å². The number of hydrogen-bond donors (Lipinski definition) is 1. The van der Waals surface area contributed by atoms with Crippen LogP contribution in [0.5, 0.6) is 0 Å². The summed E-state index contributed by atoms with van der Waals surface area (Å²) in [5, 5.41) is 3.28. The number of rotatable bonds is 6. The normalized spacial score (nSPS) is 9.84. The molecule has 0 spiro atoms. The SMILES string of the molecule is CCOC(=O)CNc1cc(Cl)ccc1C(=O)OCC. The number of anilines is 1. The zero-order chi connectivity index (χ0) is 14.3. The second-order valence-corrected chi connectivity index (χ2v) is 4.01. The molecule has 0 unspecified atom stereocenters. The number of carbonyl (C=O) groups excluding carboxylic acids is 2. The predicted octanol–water partition coefficient (Wildman–Crippen LogP) is 2.49. The van der Waals surface area contributed by atoms with Crippen molar-refractivity contribution in [1.29, 1.82) is 0 Å². The molecule has 6 heteroatoms. The van der Waals surface area contributed by atoms with Gasteiger partial charge in [-0.2, -0.15) is 0 Å². The third-order valence-corrected chi connectivity index (χ3v) is 2.44. The standard InChI is InChI=1S/C13H16ClNO4/c1-3-18-12(16)8-15-11-7-9(14)5-6-10(11)13(17)19-4-2/h5-7,15H,3-4,8H2,1-2H3. The Morgan fingerprint density at radius 3 is 2.53 bits per heavy atom. The summed E-state index contributed by atoms with van der Waals surface area (Å²) in [5.74, 6) is -0.872. The van der Waals surface area contributed by atoms with Gasteiger partial charge in [-0.25, -0.2) is 4.79 Å². The van der Waals surface area contributed by atoms with Crippen LogP contribution in [0.1, 0.15) is 24.2 Å². The first-order valence-electron chi connectivity index (χ1n) is 5.94. The topological polar surface area (TPSA) is 64.6 Å². The van der Waals surface area contributed by atoms with E-state index in [1.54, 1.807) is 32.0 Å². The highest BCUT2D eigenvalue weighted by molar-refractivity contribution is 6.31. The molecule has 0 heterocycles. The Morgan fingerprint density at radius 2 is 1.89 bits per heavy atom. The quantitative estimate of drug-likeness (QED) is 0.814. The van der Waals surface area contributed by atoms with E-state index in [-0.39, 0.29) is 13.2 Å². The Balaban J connectivity index is 2.82. The van der Waals surface area contributed by atoms with Gasteiger partial charge in [-0.05, 0) is 32.0 Å². The van der Waals surface area contributed by atoms with Crippen LogP contribution in [-0.2, 0) is 14.3 Å². The van der Waals surface area contributed by atoms with Crippen molar-refractivity contribution in [3.8, 4) is 0 Å². The van der Waals surface area contributed by atoms with E-state index in [1.807, 2.05) is 0 Å². The maximum atomic E-state index is 11.7. The average Bonchev–Trinajstić information content (AvgIpc) is 2.37. The van der Waals surface area contributed by atoms with Crippen molar-refractivity contribution in [2.75, 3.05) is 25.1 Å². The number of nitrogens with one attached hydrogen (secondary N) is 1. The minimum Gasteiger partial charge on any atom is -0.465 e. The maximum absolute atomic E-state index is 11.7. The summed E-state index contributed by atoms with van der Waals surface area (Å²) in [6.07, 6.45) is 0. The van der Waals surface area contributed by atoms with Gasteiger partial charge in [0.25, 0.3) is 0 Å². The zero-order valence-corrected chi connectivity index (χ0v) is 11.6. The minimum atomic E-state index is -0.467. The molecule has 0 atom stereocenters. The van der Waals surface area contributed by atoms with Gasteiger partial charge in [0.2, 0.25) is 0 Å². The molecule has 0 fully saturated rings. The fraction of sp³-hybridized carbons (Fsp3) is 0.385. The zero-order valence-electron chi connectivity index (χ0n) is 10.9. The lowest BCUT2D eigenvalue weighted by molar-refractivity contribution is -0.140. The number of ether oxygens (including phenoxy) is 2. The van der Waals surface area contributed by atoms with Crippen molar-refractivity contribution < 1.29 is 19.1 Å². The van der Waals surface area contributed by atoms with Crippen LogP contribution in [-0.4, -0.2) is 31.7 Å². The molecule has 0 aliphatic heterocycles. The van der Waals surface area contributed by atoms with Crippen LogP contribution in [0.3, 0.4) is 0 Å². The van der Waals surface area contributed by atoms with Gasteiger partial charge in [-0.15, -0.1) is 0 Å². The Kier molecular flexibility index (Phi) is 6.15. The lowest BCUT2D eigenvalue weighted by atomic mass is 10.2. The molecule has 104 valence electrons. The molecule has 5 nitrogen and oxygen atoms in total. The van der Waals surface area contributed by atoms with Crippen molar-refractivity contribution in [2.45, 2.75) is 13.8 Å². The highest BCUT2D eigenvalue weighted by Crippen LogP contribution is 2.21. The maximum Gasteiger partial charge on any atom is 0.340 e. The van der Waals surface area contributed by atoms with Crippen LogP contribution >= 0.6 is 11.6 Å². The van der Waals surface area contributed by atoms with E-state index in [9.17, 15) is 9.59 Å². The first-order chi connectivity index (χ1) is 9.08. The van der Waals surface area contributed by atoms with Crippen molar-refractivity contribution in [3.05, 3.63) is 28.8 Å². The number of halogens is 1. The van der Waals surface area contributed by atoms with E-state index < -0.39 is 11.9 Å². The van der Waals surface area contributed by atoms with Gasteiger partial charge in [0.15, 0.2) is 0 Å². The van der Waals surface area contributed by atoms with Gasteiger partial charge in [0.05, 0.1) is 24.5 Å². The van der Waals surface area contributed by atoms with Crippen molar-refractivity contribution >= 4 is 29.2 Å². The Hall–Kier alpha value is -1.75. The second kappa shape index (κ2) is 7.63. The molecule has 0 aromatic heterocycles. The van der Waals surface area contributed by atoms with E-state index in [0.717, 1.165) is 0 Å². The number of carbonyl (C=O) groups is 2. The van der Waals surface area contributed by atoms with E-state index in [0.29, 0.717) is 22.9 Å². The van der Waals surface area contributed by atoms with Crippen LogP contribution in [0.4, 0.5) is 5.69 Å². The van der Waals surface area contributed by atoms with Gasteiger partial charge >= 0.3 is 11.9 Å². The largest absolute Gasteiger partial charge is 0.465 e. The van der Waals surface area contributed by atoms with Crippen LogP contribution < -0.4 is 5.32 Å². The first kappa shape index (κ1) is 15.3. The molecule has 0 aliphatic rings. The number of esters is 2. The van der Waals surface area contributed by atoms with Crippen molar-refractivity contribution in [1.82, 2.24) is 0 Å². The minimum absolute atomic E-state index is 0.0411. The Bertz CT molecular complexity index is 462. The monoisotopic (exact) mass is 285 g/mol. The highest BCUT2D eigenvalue weighted by Gasteiger charge is 2.13. The van der Waals surface area contributed by atoms with Gasteiger partial charge in [-0.1, -0.05) is 11.6 Å². The van der Waals surface area contributed by atoms with E-state index in [1.165, 1.54) is 0 Å². The van der Waals surface area contributed by atoms with Crippen LogP contribution in [0.15, 0.2) is 18.2 Å². The van der Waals surface area contributed by atoms with Crippen molar-refractivity contribution in [2.24, 2.45) is 0 Å². The van der Waals surface area contributed by atoms with E-state index in [2.05, 4.69) is 5.32 Å². The molecule has 1 N–H and O–H groups in total. The molecule has 1 aromatic rings. The van der Waals surface area contributed by atoms with Gasteiger partial charge in [-0.3, -0.25) is 4.79 Å². The fourth-order valence-electron chi connectivity index (χ4n) is 1.43. The summed E-state index contributed by atoms with van der Waals surface area (Å²) in [6, 6.07) is 4.70. The molecular formula is C13H16ClNO4. The summed E-state index contributed by atoms with van der Waals surface area (Å²) < 4.78 is 9.72. The lowest BCUT2D eigenvalue weighted by Gasteiger charge is -2.11. The van der Waals surface area contributed by atoms with Crippen molar-refractivity contribution in [3.63, 3.8) is 0 Å². The molecule has 0 radical (unpaired) electrons. The molecule has 0 amide bonds. The first-order valence-corrected chi connectivity index (χ1v) is 6.32. The number of benzene rings is 1. The summed E-state index contributed by atoms with van der Waals surface area (Å²) in [7, 11) is 0. The highest BCUT2D eigenvalue weighted by atomic mass is 35.5. The van der Waals surface area contributed by atoms with Gasteiger partial charge in [0, 0.05) is 5.02 Å².